The number of hydrogen-bond acceptors (Lipinski definition) is 4. The molecule has 1 heterocycles. The molecule has 2 N–H and O–H groups in total. The predicted molar refractivity (Wildman–Crippen MR) is 74.0 cm³/mol. The lowest BCUT2D eigenvalue weighted by Gasteiger charge is -2.22. The van der Waals surface area contributed by atoms with Crippen molar-refractivity contribution in [3.05, 3.63) is 23.2 Å². The summed E-state index contributed by atoms with van der Waals surface area (Å²) in [5.41, 5.74) is 5.87. The second-order valence-corrected chi connectivity index (χ2v) is 6.90. The van der Waals surface area contributed by atoms with Crippen molar-refractivity contribution in [2.45, 2.75) is 30.3 Å². The van der Waals surface area contributed by atoms with Crippen LogP contribution in [0.5, 0.6) is 5.75 Å². The third-order valence-electron chi connectivity index (χ3n) is 3.49. The second-order valence-electron chi connectivity index (χ2n) is 4.61. The van der Waals surface area contributed by atoms with E-state index in [0.29, 0.717) is 18.7 Å². The molecule has 1 aliphatic heterocycles. The molecule has 5 nitrogen and oxygen atoms in total. The smallest absolute Gasteiger partial charge is 0.243 e. The van der Waals surface area contributed by atoms with Gasteiger partial charge >= 0.3 is 0 Å². The first kappa shape index (κ1) is 14.6. The topological polar surface area (TPSA) is 72.6 Å². The summed E-state index contributed by atoms with van der Waals surface area (Å²) < 4.78 is 31.5. The molecule has 106 valence electrons. The van der Waals surface area contributed by atoms with Crippen molar-refractivity contribution < 1.29 is 13.2 Å². The quantitative estimate of drug-likeness (QED) is 0.917. The maximum absolute atomic E-state index is 12.5. The number of rotatable bonds is 3. The Morgan fingerprint density at radius 2 is 2.16 bits per heavy atom. The number of sulfonamides is 1. The minimum atomic E-state index is -3.55. The van der Waals surface area contributed by atoms with E-state index in [-0.39, 0.29) is 22.0 Å². The highest BCUT2D eigenvalue weighted by Crippen LogP contribution is 2.30. The molecule has 1 fully saturated rings. The van der Waals surface area contributed by atoms with Gasteiger partial charge in [-0.1, -0.05) is 11.6 Å². The zero-order valence-corrected chi connectivity index (χ0v) is 12.4. The molecule has 1 saturated heterocycles. The normalized spacial score (nSPS) is 24.6. The average Bonchev–Trinajstić information content (AvgIpc) is 2.70. The van der Waals surface area contributed by atoms with Crippen LogP contribution in [0.15, 0.2) is 23.1 Å². The van der Waals surface area contributed by atoms with Crippen LogP contribution in [0.3, 0.4) is 0 Å². The number of halogens is 1. The van der Waals surface area contributed by atoms with E-state index in [1.54, 1.807) is 6.07 Å². The summed E-state index contributed by atoms with van der Waals surface area (Å²) in [6, 6.07) is 4.13. The van der Waals surface area contributed by atoms with Crippen LogP contribution in [0.2, 0.25) is 5.02 Å². The number of nitrogens with zero attached hydrogens (tertiary/aromatic N) is 1. The van der Waals surface area contributed by atoms with Crippen LogP contribution in [0, 0.1) is 0 Å². The minimum Gasteiger partial charge on any atom is -0.495 e. The van der Waals surface area contributed by atoms with Gasteiger partial charge in [0.25, 0.3) is 0 Å². The third kappa shape index (κ3) is 2.58. The molecule has 7 heteroatoms. The molecule has 0 bridgehead atoms. The number of methoxy groups -OCH3 is 1. The van der Waals surface area contributed by atoms with Gasteiger partial charge in [0.1, 0.15) is 5.75 Å². The Hall–Kier alpha value is -0.820. The Kier molecular flexibility index (Phi) is 4.06. The van der Waals surface area contributed by atoms with Crippen molar-refractivity contribution in [1.29, 1.82) is 0 Å². The summed E-state index contributed by atoms with van der Waals surface area (Å²) in [6.45, 7) is 2.26. The first-order valence-electron chi connectivity index (χ1n) is 5.99. The van der Waals surface area contributed by atoms with E-state index in [2.05, 4.69) is 0 Å². The Morgan fingerprint density at radius 1 is 1.47 bits per heavy atom. The van der Waals surface area contributed by atoms with E-state index in [9.17, 15) is 8.42 Å². The van der Waals surface area contributed by atoms with Crippen molar-refractivity contribution >= 4 is 21.6 Å². The molecule has 1 aliphatic rings. The Balaban J connectivity index is 2.37. The number of nitrogens with two attached hydrogens (primary N) is 1. The summed E-state index contributed by atoms with van der Waals surface area (Å²) in [4.78, 5) is 0.166. The first-order valence-corrected chi connectivity index (χ1v) is 7.80. The Bertz CT molecular complexity index is 576. The van der Waals surface area contributed by atoms with Crippen LogP contribution in [-0.4, -0.2) is 38.5 Å². The number of benzene rings is 1. The fourth-order valence-electron chi connectivity index (χ4n) is 2.22. The van der Waals surface area contributed by atoms with Crippen molar-refractivity contribution in [2.24, 2.45) is 5.73 Å². The Morgan fingerprint density at radius 3 is 2.63 bits per heavy atom. The van der Waals surface area contributed by atoms with E-state index in [1.807, 2.05) is 6.92 Å². The van der Waals surface area contributed by atoms with Gasteiger partial charge in [-0.2, -0.15) is 4.31 Å². The summed E-state index contributed by atoms with van der Waals surface area (Å²) in [5, 5.41) is 0.278. The van der Waals surface area contributed by atoms with Gasteiger partial charge in [0.05, 0.1) is 17.0 Å². The fourth-order valence-corrected chi connectivity index (χ4v) is 4.26. The molecule has 0 amide bonds. The predicted octanol–water partition coefficient (Wildman–Crippen LogP) is 1.46. The molecule has 0 radical (unpaired) electrons. The van der Waals surface area contributed by atoms with Crippen molar-refractivity contribution in [3.8, 4) is 5.75 Å². The first-order chi connectivity index (χ1) is 8.87. The van der Waals surface area contributed by atoms with E-state index >= 15 is 0 Å². The van der Waals surface area contributed by atoms with Gasteiger partial charge in [0, 0.05) is 18.6 Å². The molecular weight excluding hydrogens is 288 g/mol. The second kappa shape index (κ2) is 5.28. The molecule has 2 rings (SSSR count). The summed E-state index contributed by atoms with van der Waals surface area (Å²) in [6.07, 6.45) is 0.671. The number of ether oxygens (including phenoxy) is 1. The molecule has 0 saturated carbocycles. The van der Waals surface area contributed by atoms with E-state index < -0.39 is 10.0 Å². The summed E-state index contributed by atoms with van der Waals surface area (Å²) in [5.74, 6) is 0.451. The SMILES string of the molecule is COc1ccc(S(=O)(=O)N2CCC(N)C2C)cc1Cl. The summed E-state index contributed by atoms with van der Waals surface area (Å²) >= 11 is 5.97. The van der Waals surface area contributed by atoms with E-state index in [4.69, 9.17) is 22.1 Å². The van der Waals surface area contributed by atoms with Crippen LogP contribution < -0.4 is 10.5 Å². The van der Waals surface area contributed by atoms with Crippen LogP contribution >= 0.6 is 11.6 Å². The Labute approximate surface area is 118 Å². The standard InChI is InChI=1S/C12H17ClN2O3S/c1-8-11(14)5-6-15(8)19(16,17)9-3-4-12(18-2)10(13)7-9/h3-4,7-8,11H,5-6,14H2,1-2H3. The third-order valence-corrected chi connectivity index (χ3v) is 5.76. The van der Waals surface area contributed by atoms with Crippen LogP contribution in [-0.2, 0) is 10.0 Å². The molecule has 2 atom stereocenters. The van der Waals surface area contributed by atoms with E-state index in [0.717, 1.165) is 0 Å². The van der Waals surface area contributed by atoms with E-state index in [1.165, 1.54) is 23.5 Å². The molecule has 19 heavy (non-hydrogen) atoms. The molecular formula is C12H17ClN2O3S. The number of hydrogen-bond donors (Lipinski definition) is 1. The average molecular weight is 305 g/mol. The highest BCUT2D eigenvalue weighted by atomic mass is 35.5. The lowest BCUT2D eigenvalue weighted by Crippen LogP contribution is -2.40. The van der Waals surface area contributed by atoms with Gasteiger partial charge in [-0.25, -0.2) is 8.42 Å². The zero-order valence-electron chi connectivity index (χ0n) is 10.8. The van der Waals surface area contributed by atoms with Gasteiger partial charge in [-0.15, -0.1) is 0 Å². The largest absolute Gasteiger partial charge is 0.495 e. The van der Waals surface area contributed by atoms with Gasteiger partial charge in [-0.3, -0.25) is 0 Å². The van der Waals surface area contributed by atoms with Gasteiger partial charge in [-0.05, 0) is 31.5 Å². The molecule has 2 unspecified atom stereocenters. The molecule has 0 spiro atoms. The zero-order chi connectivity index (χ0) is 14.2. The van der Waals surface area contributed by atoms with Gasteiger partial charge in [0.15, 0.2) is 0 Å². The van der Waals surface area contributed by atoms with Crippen molar-refractivity contribution in [1.82, 2.24) is 4.31 Å². The summed E-state index contributed by atoms with van der Waals surface area (Å²) in [7, 11) is -2.07. The van der Waals surface area contributed by atoms with Crippen LogP contribution in [0.4, 0.5) is 0 Å². The van der Waals surface area contributed by atoms with Crippen LogP contribution in [0.1, 0.15) is 13.3 Å². The lowest BCUT2D eigenvalue weighted by molar-refractivity contribution is 0.392. The maximum Gasteiger partial charge on any atom is 0.243 e. The highest BCUT2D eigenvalue weighted by Gasteiger charge is 2.37. The highest BCUT2D eigenvalue weighted by molar-refractivity contribution is 7.89. The molecule has 1 aromatic rings. The van der Waals surface area contributed by atoms with Gasteiger partial charge in [0.2, 0.25) is 10.0 Å². The van der Waals surface area contributed by atoms with Crippen molar-refractivity contribution in [3.63, 3.8) is 0 Å². The van der Waals surface area contributed by atoms with Crippen LogP contribution in [0.25, 0.3) is 0 Å². The minimum absolute atomic E-state index is 0.122. The van der Waals surface area contributed by atoms with Crippen molar-refractivity contribution in [2.75, 3.05) is 13.7 Å². The van der Waals surface area contributed by atoms with Gasteiger partial charge < -0.3 is 10.5 Å². The fraction of sp³-hybridized carbons (Fsp3) is 0.500. The lowest BCUT2D eigenvalue weighted by atomic mass is 10.2. The monoisotopic (exact) mass is 304 g/mol. The molecule has 1 aromatic carbocycles. The maximum atomic E-state index is 12.5. The molecule has 0 aliphatic carbocycles. The molecule has 0 aromatic heterocycles.